The molecule has 0 spiro atoms. The van der Waals surface area contributed by atoms with Gasteiger partial charge in [-0.3, -0.25) is 19.3 Å². The molecule has 1 saturated heterocycles. The fourth-order valence-electron chi connectivity index (χ4n) is 5.02. The molecule has 0 atom stereocenters. The third-order valence-corrected chi connectivity index (χ3v) is 8.78. The molecular formula is C33H30Cl2N2O5S. The van der Waals surface area contributed by atoms with E-state index in [4.69, 9.17) is 32.7 Å². The topological polar surface area (TPSA) is 76.2 Å². The van der Waals surface area contributed by atoms with E-state index in [2.05, 4.69) is 12.6 Å². The van der Waals surface area contributed by atoms with E-state index in [0.29, 0.717) is 53.2 Å². The lowest BCUT2D eigenvalue weighted by Gasteiger charge is -2.29. The highest BCUT2D eigenvalue weighted by Crippen LogP contribution is 2.38. The largest absolute Gasteiger partial charge is 0.490 e. The van der Waals surface area contributed by atoms with Crippen molar-refractivity contribution < 1.29 is 23.9 Å². The van der Waals surface area contributed by atoms with E-state index < -0.39 is 11.1 Å². The lowest BCUT2D eigenvalue weighted by Crippen LogP contribution is -2.44. The molecule has 3 aromatic carbocycles. The number of hydrogen-bond acceptors (Lipinski definition) is 6. The molecule has 2 heterocycles. The molecule has 0 radical (unpaired) electrons. The average Bonchev–Trinajstić information content (AvgIpc) is 3.25. The second kappa shape index (κ2) is 13.7. The molecule has 7 nitrogen and oxygen atoms in total. The molecular weight excluding hydrogens is 607 g/mol. The minimum atomic E-state index is -0.496. The predicted octanol–water partition coefficient (Wildman–Crippen LogP) is 7.32. The number of allylic oxidation sites excluding steroid dienone is 1. The summed E-state index contributed by atoms with van der Waals surface area (Å²) in [4.78, 5) is 42.2. The third kappa shape index (κ3) is 7.09. The van der Waals surface area contributed by atoms with Gasteiger partial charge < -0.3 is 14.4 Å². The molecule has 0 unspecified atom stereocenters. The zero-order valence-corrected chi connectivity index (χ0v) is 25.9. The van der Waals surface area contributed by atoms with Gasteiger partial charge in [0, 0.05) is 18.7 Å². The van der Waals surface area contributed by atoms with Crippen molar-refractivity contribution in [1.29, 1.82) is 0 Å². The fourth-order valence-corrected chi connectivity index (χ4v) is 6.18. The number of rotatable bonds is 10. The van der Waals surface area contributed by atoms with Gasteiger partial charge in [-0.15, -0.1) is 6.58 Å². The number of ether oxygens (including phenoxy) is 2. The highest BCUT2D eigenvalue weighted by atomic mass is 35.5. The van der Waals surface area contributed by atoms with E-state index in [-0.39, 0.29) is 24.0 Å². The van der Waals surface area contributed by atoms with Crippen LogP contribution in [0.3, 0.4) is 0 Å². The summed E-state index contributed by atoms with van der Waals surface area (Å²) in [7, 11) is 0. The molecule has 1 fully saturated rings. The van der Waals surface area contributed by atoms with Crippen molar-refractivity contribution >= 4 is 58.1 Å². The number of thioether (sulfide) groups is 1. The minimum absolute atomic E-state index is 0.232. The summed E-state index contributed by atoms with van der Waals surface area (Å²) in [6, 6.07) is 16.9. The quantitative estimate of drug-likeness (QED) is 0.171. The average molecular weight is 638 g/mol. The number of carbonyl (C=O) groups excluding carboxylic acids is 3. The van der Waals surface area contributed by atoms with Gasteiger partial charge in [-0.25, -0.2) is 0 Å². The van der Waals surface area contributed by atoms with E-state index in [0.717, 1.165) is 39.8 Å². The van der Waals surface area contributed by atoms with Crippen LogP contribution in [0.2, 0.25) is 10.0 Å². The van der Waals surface area contributed by atoms with Gasteiger partial charge in [0.2, 0.25) is 5.91 Å². The Labute approximate surface area is 265 Å². The Morgan fingerprint density at radius 1 is 1.05 bits per heavy atom. The fraction of sp³-hybridized carbons (Fsp3) is 0.242. The van der Waals surface area contributed by atoms with Gasteiger partial charge in [0.1, 0.15) is 13.2 Å². The number of halogens is 2. The highest BCUT2D eigenvalue weighted by molar-refractivity contribution is 8.18. The number of fused-ring (bicyclic) bond motifs is 1. The molecule has 3 aromatic rings. The van der Waals surface area contributed by atoms with Crippen LogP contribution in [-0.4, -0.2) is 46.5 Å². The summed E-state index contributed by atoms with van der Waals surface area (Å²) in [6.45, 7) is 7.07. The molecule has 0 aliphatic carbocycles. The van der Waals surface area contributed by atoms with Crippen LogP contribution >= 0.6 is 35.0 Å². The van der Waals surface area contributed by atoms with Crippen molar-refractivity contribution in [3.05, 3.63) is 110 Å². The number of hydrogen-bond donors (Lipinski definition) is 0. The van der Waals surface area contributed by atoms with Gasteiger partial charge >= 0.3 is 0 Å². The molecule has 0 aromatic heterocycles. The molecule has 0 saturated carbocycles. The first-order valence-electron chi connectivity index (χ1n) is 13.8. The van der Waals surface area contributed by atoms with Crippen LogP contribution in [0.4, 0.5) is 4.79 Å². The monoisotopic (exact) mass is 636 g/mol. The zero-order valence-electron chi connectivity index (χ0n) is 23.6. The van der Waals surface area contributed by atoms with Crippen LogP contribution in [0.25, 0.3) is 6.08 Å². The van der Waals surface area contributed by atoms with Crippen LogP contribution in [-0.2, 0) is 35.6 Å². The maximum atomic E-state index is 13.3. The van der Waals surface area contributed by atoms with Crippen LogP contribution in [0.15, 0.2) is 72.2 Å². The normalized spacial score (nSPS) is 15.6. The van der Waals surface area contributed by atoms with Crippen LogP contribution in [0.1, 0.15) is 34.7 Å². The van der Waals surface area contributed by atoms with E-state index in [1.54, 1.807) is 35.3 Å². The van der Waals surface area contributed by atoms with E-state index in [1.807, 2.05) is 37.3 Å². The molecule has 3 amide bonds. The molecule has 2 aliphatic heterocycles. The number of carbonyl (C=O) groups is 3. The standard InChI is InChI=1S/C33H30Cl2N2O5S/c1-3-7-24-14-22(16-28(41-4-2)31(24)42-20-21-10-11-26(34)27(35)15-21)17-29-32(39)37(33(40)43-29)19-30(38)36-13-12-23-8-5-6-9-25(23)18-36/h3,5-6,8-11,14-17H,1,4,7,12-13,18-20H2,2H3/b29-17-. The molecule has 222 valence electrons. The van der Waals surface area contributed by atoms with E-state index in [1.165, 1.54) is 5.56 Å². The Morgan fingerprint density at radius 3 is 2.58 bits per heavy atom. The second-order valence-corrected chi connectivity index (χ2v) is 11.9. The minimum Gasteiger partial charge on any atom is -0.490 e. The number of benzene rings is 3. The second-order valence-electron chi connectivity index (χ2n) is 10.1. The summed E-state index contributed by atoms with van der Waals surface area (Å²) in [6.07, 6.45) is 4.61. The Kier molecular flexibility index (Phi) is 9.80. The first kappa shape index (κ1) is 30.7. The molecule has 0 N–H and O–H groups in total. The molecule has 5 rings (SSSR count). The molecule has 2 aliphatic rings. The summed E-state index contributed by atoms with van der Waals surface area (Å²) in [5.74, 6) is 0.289. The third-order valence-electron chi connectivity index (χ3n) is 7.13. The lowest BCUT2D eigenvalue weighted by atomic mass is 10.00. The van der Waals surface area contributed by atoms with Gasteiger partial charge in [-0.05, 0) is 84.1 Å². The molecule has 43 heavy (non-hydrogen) atoms. The highest BCUT2D eigenvalue weighted by Gasteiger charge is 2.37. The van der Waals surface area contributed by atoms with Gasteiger partial charge in [-0.1, -0.05) is 59.6 Å². The summed E-state index contributed by atoms with van der Waals surface area (Å²) in [5, 5.41) is 0.425. The first-order chi connectivity index (χ1) is 20.8. The van der Waals surface area contributed by atoms with E-state index >= 15 is 0 Å². The SMILES string of the molecule is C=CCc1cc(/C=C2\SC(=O)N(CC(=O)N3CCc4ccccc4C3)C2=O)cc(OCC)c1OCc1ccc(Cl)c(Cl)c1. The Balaban J connectivity index is 1.34. The zero-order chi connectivity index (χ0) is 30.5. The van der Waals surface area contributed by atoms with Crippen LogP contribution in [0.5, 0.6) is 11.5 Å². The van der Waals surface area contributed by atoms with Crippen molar-refractivity contribution in [3.8, 4) is 11.5 Å². The van der Waals surface area contributed by atoms with E-state index in [9.17, 15) is 14.4 Å². The summed E-state index contributed by atoms with van der Waals surface area (Å²) < 4.78 is 12.1. The Hall–Kier alpha value is -3.72. The molecule has 0 bridgehead atoms. The predicted molar refractivity (Wildman–Crippen MR) is 171 cm³/mol. The lowest BCUT2D eigenvalue weighted by molar-refractivity contribution is -0.136. The summed E-state index contributed by atoms with van der Waals surface area (Å²) >= 11 is 13.0. The van der Waals surface area contributed by atoms with Crippen LogP contribution < -0.4 is 9.47 Å². The summed E-state index contributed by atoms with van der Waals surface area (Å²) in [5.41, 5.74) is 4.59. The maximum absolute atomic E-state index is 13.3. The Bertz CT molecular complexity index is 1620. The van der Waals surface area contributed by atoms with Crippen molar-refractivity contribution in [3.63, 3.8) is 0 Å². The van der Waals surface area contributed by atoms with Gasteiger partial charge in [-0.2, -0.15) is 0 Å². The number of amides is 3. The number of nitrogens with zero attached hydrogens (tertiary/aromatic N) is 2. The first-order valence-corrected chi connectivity index (χ1v) is 15.4. The van der Waals surface area contributed by atoms with Gasteiger partial charge in [0.15, 0.2) is 11.5 Å². The van der Waals surface area contributed by atoms with Gasteiger partial charge in [0.25, 0.3) is 11.1 Å². The van der Waals surface area contributed by atoms with Crippen molar-refractivity contribution in [2.24, 2.45) is 0 Å². The molecule has 10 heteroatoms. The Morgan fingerprint density at radius 2 is 1.84 bits per heavy atom. The maximum Gasteiger partial charge on any atom is 0.294 e. The smallest absolute Gasteiger partial charge is 0.294 e. The van der Waals surface area contributed by atoms with Crippen LogP contribution in [0, 0.1) is 0 Å². The van der Waals surface area contributed by atoms with Gasteiger partial charge in [0.05, 0.1) is 21.6 Å². The number of imide groups is 1. The van der Waals surface area contributed by atoms with Crippen molar-refractivity contribution in [1.82, 2.24) is 9.80 Å². The van der Waals surface area contributed by atoms with Crippen molar-refractivity contribution in [2.75, 3.05) is 19.7 Å². The van der Waals surface area contributed by atoms with Crippen molar-refractivity contribution in [2.45, 2.75) is 32.9 Å².